The molecule has 0 unspecified atom stereocenters. The van der Waals surface area contributed by atoms with E-state index < -0.39 is 23.7 Å². The van der Waals surface area contributed by atoms with Crippen LogP contribution in [0.25, 0.3) is 11.0 Å². The van der Waals surface area contributed by atoms with Crippen LogP contribution in [0.2, 0.25) is 5.02 Å². The van der Waals surface area contributed by atoms with Crippen molar-refractivity contribution in [1.82, 2.24) is 5.32 Å². The Balaban J connectivity index is 1.85. The van der Waals surface area contributed by atoms with E-state index in [-0.39, 0.29) is 16.4 Å². The molecule has 1 aromatic carbocycles. The molecular formula is C23H28ClNO6. The summed E-state index contributed by atoms with van der Waals surface area (Å²) in [6.45, 7) is 7.10. The third kappa shape index (κ3) is 5.58. The fourth-order valence-electron chi connectivity index (χ4n) is 3.69. The van der Waals surface area contributed by atoms with Crippen LogP contribution in [0.4, 0.5) is 4.79 Å². The van der Waals surface area contributed by atoms with Crippen molar-refractivity contribution in [2.45, 2.75) is 77.9 Å². The van der Waals surface area contributed by atoms with Crippen molar-refractivity contribution < 1.29 is 23.5 Å². The SMILES string of the molecule is CCC[C@H](NC(=O)OC(C)(C)C)C(=O)Oc1cc2oc(=O)c3c(c2cc1Cl)CCCC3. The smallest absolute Gasteiger partial charge is 0.408 e. The van der Waals surface area contributed by atoms with Gasteiger partial charge in [-0.3, -0.25) is 0 Å². The van der Waals surface area contributed by atoms with Gasteiger partial charge in [-0.1, -0.05) is 24.9 Å². The van der Waals surface area contributed by atoms with E-state index in [4.69, 9.17) is 25.5 Å². The lowest BCUT2D eigenvalue weighted by molar-refractivity contribution is -0.137. The molecule has 0 fully saturated rings. The lowest BCUT2D eigenvalue weighted by Crippen LogP contribution is -2.45. The molecule has 7 nitrogen and oxygen atoms in total. The average molecular weight is 450 g/mol. The zero-order chi connectivity index (χ0) is 22.8. The number of halogens is 1. The molecule has 0 saturated carbocycles. The molecule has 1 aliphatic rings. The summed E-state index contributed by atoms with van der Waals surface area (Å²) in [5.41, 5.74) is 0.919. The molecule has 0 saturated heterocycles. The molecule has 1 aliphatic carbocycles. The van der Waals surface area contributed by atoms with Crippen molar-refractivity contribution in [2.75, 3.05) is 0 Å². The second kappa shape index (κ2) is 9.30. The van der Waals surface area contributed by atoms with E-state index in [9.17, 15) is 14.4 Å². The largest absolute Gasteiger partial charge is 0.444 e. The molecule has 2 aromatic rings. The minimum absolute atomic E-state index is 0.0742. The minimum atomic E-state index is -0.901. The lowest BCUT2D eigenvalue weighted by Gasteiger charge is -2.23. The number of benzene rings is 1. The first-order valence-corrected chi connectivity index (χ1v) is 11.0. The molecule has 1 N–H and O–H groups in total. The third-order valence-electron chi connectivity index (χ3n) is 5.04. The number of carbonyl (C=O) groups excluding carboxylic acids is 2. The molecule has 0 radical (unpaired) electrons. The van der Waals surface area contributed by atoms with Crippen molar-refractivity contribution in [1.29, 1.82) is 0 Å². The molecule has 8 heteroatoms. The van der Waals surface area contributed by atoms with Crippen molar-refractivity contribution >= 4 is 34.6 Å². The number of nitrogens with one attached hydrogen (secondary N) is 1. The van der Waals surface area contributed by atoms with Crippen LogP contribution in [-0.2, 0) is 22.4 Å². The molecule has 1 atom stereocenters. The van der Waals surface area contributed by atoms with E-state index in [0.717, 1.165) is 30.2 Å². The standard InChI is InChI=1S/C23H28ClNO6/c1-5-8-17(25-22(28)31-23(2,3)4)21(27)30-19-12-18-15(11-16(19)24)13-9-6-7-10-14(13)20(26)29-18/h11-12,17H,5-10H2,1-4H3,(H,25,28)/t17-/m0/s1. The predicted molar refractivity (Wildman–Crippen MR) is 118 cm³/mol. The van der Waals surface area contributed by atoms with Gasteiger partial charge in [0.1, 0.15) is 17.2 Å². The summed E-state index contributed by atoms with van der Waals surface area (Å²) in [4.78, 5) is 37.2. The highest BCUT2D eigenvalue weighted by atomic mass is 35.5. The van der Waals surface area contributed by atoms with Gasteiger partial charge in [-0.15, -0.1) is 0 Å². The van der Waals surface area contributed by atoms with Gasteiger partial charge in [0, 0.05) is 17.0 Å². The number of fused-ring (bicyclic) bond motifs is 3. The normalized spacial score (nSPS) is 14.6. The van der Waals surface area contributed by atoms with Crippen LogP contribution in [0, 0.1) is 0 Å². The van der Waals surface area contributed by atoms with Crippen molar-refractivity contribution in [3.05, 3.63) is 38.7 Å². The Morgan fingerprint density at radius 2 is 1.87 bits per heavy atom. The molecule has 3 rings (SSSR count). The van der Waals surface area contributed by atoms with Crippen LogP contribution in [0.15, 0.2) is 21.3 Å². The zero-order valence-electron chi connectivity index (χ0n) is 18.3. The first-order valence-electron chi connectivity index (χ1n) is 10.6. The van der Waals surface area contributed by atoms with Crippen LogP contribution in [0.3, 0.4) is 0 Å². The average Bonchev–Trinajstić information content (AvgIpc) is 2.68. The van der Waals surface area contributed by atoms with Gasteiger partial charge >= 0.3 is 17.7 Å². The van der Waals surface area contributed by atoms with E-state index in [1.807, 2.05) is 6.92 Å². The maximum atomic E-state index is 12.7. The number of alkyl carbamates (subject to hydrolysis) is 1. The number of aryl methyl sites for hydroxylation is 1. The number of amides is 1. The van der Waals surface area contributed by atoms with Crippen molar-refractivity contribution in [2.24, 2.45) is 0 Å². The molecule has 168 valence electrons. The topological polar surface area (TPSA) is 94.8 Å². The Labute approximate surface area is 186 Å². The highest BCUT2D eigenvalue weighted by Crippen LogP contribution is 2.34. The third-order valence-corrected chi connectivity index (χ3v) is 5.33. The number of esters is 1. The number of carbonyl (C=O) groups is 2. The summed E-state index contributed by atoms with van der Waals surface area (Å²) < 4.78 is 16.2. The molecule has 31 heavy (non-hydrogen) atoms. The highest BCUT2D eigenvalue weighted by molar-refractivity contribution is 6.33. The van der Waals surface area contributed by atoms with Crippen LogP contribution in [0.1, 0.15) is 64.5 Å². The molecule has 1 aromatic heterocycles. The van der Waals surface area contributed by atoms with Gasteiger partial charge in [-0.25, -0.2) is 14.4 Å². The van der Waals surface area contributed by atoms with Crippen LogP contribution in [0.5, 0.6) is 5.75 Å². The Morgan fingerprint density at radius 3 is 2.52 bits per heavy atom. The van der Waals surface area contributed by atoms with Gasteiger partial charge in [0.05, 0.1) is 5.02 Å². The minimum Gasteiger partial charge on any atom is -0.444 e. The summed E-state index contributed by atoms with van der Waals surface area (Å²) in [6, 6.07) is 2.23. The van der Waals surface area contributed by atoms with Gasteiger partial charge in [0.15, 0.2) is 5.75 Å². The van der Waals surface area contributed by atoms with Gasteiger partial charge in [-0.2, -0.15) is 0 Å². The lowest BCUT2D eigenvalue weighted by atomic mass is 9.90. The zero-order valence-corrected chi connectivity index (χ0v) is 19.1. The summed E-state index contributed by atoms with van der Waals surface area (Å²) in [5.74, 6) is -0.598. The number of hydrogen-bond donors (Lipinski definition) is 1. The Morgan fingerprint density at radius 1 is 1.19 bits per heavy atom. The molecule has 0 spiro atoms. The second-order valence-corrected chi connectivity index (χ2v) is 9.15. The van der Waals surface area contributed by atoms with Gasteiger partial charge < -0.3 is 19.2 Å². The molecular weight excluding hydrogens is 422 g/mol. The number of rotatable bonds is 5. The fraction of sp³-hybridized carbons (Fsp3) is 0.522. The summed E-state index contributed by atoms with van der Waals surface area (Å²) in [7, 11) is 0. The molecule has 0 bridgehead atoms. The Kier molecular flexibility index (Phi) is 6.94. The van der Waals surface area contributed by atoms with E-state index in [0.29, 0.717) is 30.4 Å². The van der Waals surface area contributed by atoms with Gasteiger partial charge in [-0.05, 0) is 64.5 Å². The van der Waals surface area contributed by atoms with Crippen molar-refractivity contribution in [3.8, 4) is 5.75 Å². The predicted octanol–water partition coefficient (Wildman–Crippen LogP) is 4.92. The van der Waals surface area contributed by atoms with Crippen LogP contribution < -0.4 is 15.7 Å². The van der Waals surface area contributed by atoms with E-state index >= 15 is 0 Å². The van der Waals surface area contributed by atoms with Gasteiger partial charge in [0.25, 0.3) is 0 Å². The van der Waals surface area contributed by atoms with Crippen molar-refractivity contribution in [3.63, 3.8) is 0 Å². The molecule has 0 aliphatic heterocycles. The Hall–Kier alpha value is -2.54. The maximum Gasteiger partial charge on any atom is 0.408 e. The van der Waals surface area contributed by atoms with E-state index in [1.54, 1.807) is 26.8 Å². The number of ether oxygens (including phenoxy) is 2. The van der Waals surface area contributed by atoms with E-state index in [1.165, 1.54) is 6.07 Å². The molecule has 1 heterocycles. The number of hydrogen-bond acceptors (Lipinski definition) is 6. The van der Waals surface area contributed by atoms with Gasteiger partial charge in [0.2, 0.25) is 0 Å². The summed E-state index contributed by atoms with van der Waals surface area (Å²) in [5, 5.41) is 3.54. The maximum absolute atomic E-state index is 12.7. The fourth-order valence-corrected chi connectivity index (χ4v) is 3.89. The van der Waals surface area contributed by atoms with Crippen LogP contribution >= 0.6 is 11.6 Å². The Bertz CT molecular complexity index is 1050. The quantitative estimate of drug-likeness (QED) is 0.395. The molecule has 1 amide bonds. The second-order valence-electron chi connectivity index (χ2n) is 8.74. The summed E-state index contributed by atoms with van der Waals surface area (Å²) >= 11 is 6.40. The first kappa shape index (κ1) is 23.1. The monoisotopic (exact) mass is 449 g/mol. The first-order chi connectivity index (χ1) is 14.6. The highest BCUT2D eigenvalue weighted by Gasteiger charge is 2.27. The van der Waals surface area contributed by atoms with E-state index in [2.05, 4.69) is 5.32 Å². The van der Waals surface area contributed by atoms with Crippen LogP contribution in [-0.4, -0.2) is 23.7 Å². The summed E-state index contributed by atoms with van der Waals surface area (Å²) in [6.07, 6.45) is 3.73.